The smallest absolute Gasteiger partial charge is 0.254 e. The summed E-state index contributed by atoms with van der Waals surface area (Å²) in [6, 6.07) is 5.71. The number of hydrogen-bond donors (Lipinski definition) is 2. The Balaban J connectivity index is 2.95. The van der Waals surface area contributed by atoms with Crippen molar-refractivity contribution in [1.82, 2.24) is 4.90 Å². The van der Waals surface area contributed by atoms with E-state index in [9.17, 15) is 9.90 Å². The molecule has 0 radical (unpaired) electrons. The lowest BCUT2D eigenvalue weighted by Gasteiger charge is -2.17. The average Bonchev–Trinajstić information content (AvgIpc) is 2.28. The van der Waals surface area contributed by atoms with Gasteiger partial charge in [0.25, 0.3) is 5.91 Å². The van der Waals surface area contributed by atoms with Gasteiger partial charge in [-0.05, 0) is 25.1 Å². The van der Waals surface area contributed by atoms with Crippen molar-refractivity contribution in [3.8, 4) is 17.6 Å². The first kappa shape index (κ1) is 11.9. The van der Waals surface area contributed by atoms with Crippen molar-refractivity contribution in [2.24, 2.45) is 0 Å². The van der Waals surface area contributed by atoms with Gasteiger partial charge in [0.1, 0.15) is 6.54 Å². The molecular formula is C11H12N2O3. The molecule has 0 aliphatic heterocycles. The normalized spacial score (nSPS) is 9.50. The van der Waals surface area contributed by atoms with E-state index >= 15 is 0 Å². The van der Waals surface area contributed by atoms with E-state index in [2.05, 4.69) is 0 Å². The monoisotopic (exact) mass is 220 g/mol. The van der Waals surface area contributed by atoms with Crippen LogP contribution in [0.1, 0.15) is 17.3 Å². The first-order chi connectivity index (χ1) is 7.60. The Labute approximate surface area is 93.2 Å². The summed E-state index contributed by atoms with van der Waals surface area (Å²) < 4.78 is 0. The number of benzene rings is 1. The summed E-state index contributed by atoms with van der Waals surface area (Å²) in [7, 11) is 0. The molecule has 0 saturated carbocycles. The van der Waals surface area contributed by atoms with E-state index in [1.165, 1.54) is 23.1 Å². The molecule has 0 bridgehead atoms. The second kappa shape index (κ2) is 5.03. The summed E-state index contributed by atoms with van der Waals surface area (Å²) in [5, 5.41) is 26.9. The number of hydrogen-bond acceptors (Lipinski definition) is 4. The highest BCUT2D eigenvalue weighted by atomic mass is 16.3. The first-order valence-corrected chi connectivity index (χ1v) is 4.78. The lowest BCUT2D eigenvalue weighted by Crippen LogP contribution is -2.31. The molecule has 1 aromatic carbocycles. The summed E-state index contributed by atoms with van der Waals surface area (Å²) >= 11 is 0. The van der Waals surface area contributed by atoms with Crippen LogP contribution in [0.25, 0.3) is 0 Å². The van der Waals surface area contributed by atoms with Crippen LogP contribution in [0.15, 0.2) is 18.2 Å². The minimum Gasteiger partial charge on any atom is -0.504 e. The van der Waals surface area contributed by atoms with E-state index in [-0.39, 0.29) is 29.5 Å². The highest BCUT2D eigenvalue weighted by Crippen LogP contribution is 2.25. The molecular weight excluding hydrogens is 208 g/mol. The minimum atomic E-state index is -0.348. The van der Waals surface area contributed by atoms with Gasteiger partial charge in [-0.3, -0.25) is 4.79 Å². The Morgan fingerprint density at radius 2 is 2.12 bits per heavy atom. The highest BCUT2D eigenvalue weighted by molar-refractivity contribution is 5.95. The van der Waals surface area contributed by atoms with Crippen LogP contribution in [-0.4, -0.2) is 34.1 Å². The van der Waals surface area contributed by atoms with Crippen molar-refractivity contribution in [3.05, 3.63) is 23.8 Å². The maximum absolute atomic E-state index is 11.8. The Kier molecular flexibility index (Phi) is 3.72. The predicted octanol–water partition coefficient (Wildman–Crippen LogP) is 1.08. The number of aromatic hydroxyl groups is 2. The van der Waals surface area contributed by atoms with Gasteiger partial charge < -0.3 is 15.1 Å². The third-order valence-electron chi connectivity index (χ3n) is 2.15. The molecule has 1 amide bonds. The van der Waals surface area contributed by atoms with Gasteiger partial charge in [0.05, 0.1) is 6.07 Å². The summed E-state index contributed by atoms with van der Waals surface area (Å²) in [6.07, 6.45) is 0. The number of carbonyl (C=O) groups is 1. The van der Waals surface area contributed by atoms with Crippen LogP contribution >= 0.6 is 0 Å². The summed E-state index contributed by atoms with van der Waals surface area (Å²) in [6.45, 7) is 2.17. The average molecular weight is 220 g/mol. The van der Waals surface area contributed by atoms with Crippen molar-refractivity contribution in [2.75, 3.05) is 13.1 Å². The number of carbonyl (C=O) groups excluding carboxylic acids is 1. The fourth-order valence-electron chi connectivity index (χ4n) is 1.25. The molecule has 1 rings (SSSR count). The minimum absolute atomic E-state index is 0.00300. The van der Waals surface area contributed by atoms with E-state index in [0.29, 0.717) is 6.54 Å². The molecule has 2 N–H and O–H groups in total. The Hall–Kier alpha value is -2.22. The van der Waals surface area contributed by atoms with Crippen LogP contribution in [-0.2, 0) is 0 Å². The molecule has 5 nitrogen and oxygen atoms in total. The van der Waals surface area contributed by atoms with Crippen molar-refractivity contribution in [2.45, 2.75) is 6.92 Å². The standard InChI is InChI=1S/C11H12N2O3/c1-2-13(6-5-12)11(16)8-3-4-9(14)10(15)7-8/h3-4,7,14-15H,2,6H2,1H3. The molecule has 0 fully saturated rings. The van der Waals surface area contributed by atoms with E-state index in [0.717, 1.165) is 0 Å². The first-order valence-electron chi connectivity index (χ1n) is 4.78. The molecule has 0 aromatic heterocycles. The maximum atomic E-state index is 11.8. The summed E-state index contributed by atoms with van der Waals surface area (Å²) in [5.74, 6) is -0.974. The number of nitriles is 1. The quantitative estimate of drug-likeness (QED) is 0.589. The third kappa shape index (κ3) is 2.42. The van der Waals surface area contributed by atoms with E-state index in [1.807, 2.05) is 6.07 Å². The van der Waals surface area contributed by atoms with Crippen LogP contribution in [0.4, 0.5) is 0 Å². The molecule has 0 aliphatic rings. The van der Waals surface area contributed by atoms with Crippen LogP contribution < -0.4 is 0 Å². The highest BCUT2D eigenvalue weighted by Gasteiger charge is 2.14. The fraction of sp³-hybridized carbons (Fsp3) is 0.273. The van der Waals surface area contributed by atoms with Gasteiger partial charge in [-0.25, -0.2) is 0 Å². The molecule has 5 heteroatoms. The van der Waals surface area contributed by atoms with Gasteiger partial charge in [0, 0.05) is 12.1 Å². The fourth-order valence-corrected chi connectivity index (χ4v) is 1.25. The second-order valence-corrected chi connectivity index (χ2v) is 3.18. The number of rotatable bonds is 3. The zero-order chi connectivity index (χ0) is 12.1. The number of phenols is 2. The Morgan fingerprint density at radius 3 is 2.62 bits per heavy atom. The molecule has 0 spiro atoms. The van der Waals surface area contributed by atoms with E-state index < -0.39 is 0 Å². The Morgan fingerprint density at radius 1 is 1.44 bits per heavy atom. The molecule has 0 atom stereocenters. The van der Waals surface area contributed by atoms with E-state index in [4.69, 9.17) is 10.4 Å². The molecule has 0 heterocycles. The van der Waals surface area contributed by atoms with Crippen molar-refractivity contribution >= 4 is 5.91 Å². The molecule has 84 valence electrons. The van der Waals surface area contributed by atoms with Crippen molar-refractivity contribution in [1.29, 1.82) is 5.26 Å². The van der Waals surface area contributed by atoms with E-state index in [1.54, 1.807) is 6.92 Å². The van der Waals surface area contributed by atoms with Gasteiger partial charge >= 0.3 is 0 Å². The van der Waals surface area contributed by atoms with Gasteiger partial charge in [0.15, 0.2) is 11.5 Å². The lowest BCUT2D eigenvalue weighted by molar-refractivity contribution is 0.0783. The number of amides is 1. The molecule has 16 heavy (non-hydrogen) atoms. The van der Waals surface area contributed by atoms with Gasteiger partial charge in [0.2, 0.25) is 0 Å². The van der Waals surface area contributed by atoms with Crippen LogP contribution in [0.3, 0.4) is 0 Å². The van der Waals surface area contributed by atoms with Crippen LogP contribution in [0, 0.1) is 11.3 Å². The van der Waals surface area contributed by atoms with Crippen molar-refractivity contribution in [3.63, 3.8) is 0 Å². The summed E-state index contributed by atoms with van der Waals surface area (Å²) in [5.41, 5.74) is 0.243. The predicted molar refractivity (Wildman–Crippen MR) is 57.0 cm³/mol. The van der Waals surface area contributed by atoms with Crippen molar-refractivity contribution < 1.29 is 15.0 Å². The molecule has 0 unspecified atom stereocenters. The molecule has 1 aromatic rings. The van der Waals surface area contributed by atoms with Crippen LogP contribution in [0.5, 0.6) is 11.5 Å². The molecule has 0 aliphatic carbocycles. The van der Waals surface area contributed by atoms with Gasteiger partial charge in [-0.15, -0.1) is 0 Å². The van der Waals surface area contributed by atoms with Gasteiger partial charge in [-0.2, -0.15) is 5.26 Å². The summed E-state index contributed by atoms with van der Waals surface area (Å²) in [4.78, 5) is 13.2. The zero-order valence-corrected chi connectivity index (χ0v) is 8.84. The van der Waals surface area contributed by atoms with Gasteiger partial charge in [-0.1, -0.05) is 0 Å². The Bertz CT molecular complexity index is 437. The zero-order valence-electron chi connectivity index (χ0n) is 8.84. The number of phenolic OH excluding ortho intramolecular Hbond substituents is 2. The molecule has 0 saturated heterocycles. The maximum Gasteiger partial charge on any atom is 0.254 e. The second-order valence-electron chi connectivity index (χ2n) is 3.18. The SMILES string of the molecule is CCN(CC#N)C(=O)c1ccc(O)c(O)c1. The third-order valence-corrected chi connectivity index (χ3v) is 2.15. The number of nitrogens with zero attached hydrogens (tertiary/aromatic N) is 2. The largest absolute Gasteiger partial charge is 0.504 e. The lowest BCUT2D eigenvalue weighted by atomic mass is 10.1. The topological polar surface area (TPSA) is 84.6 Å². The van der Waals surface area contributed by atoms with Crippen LogP contribution in [0.2, 0.25) is 0 Å².